The topological polar surface area (TPSA) is 76.1 Å². The summed E-state index contributed by atoms with van der Waals surface area (Å²) < 4.78 is 10.0. The molecule has 0 aliphatic heterocycles. The number of nitriles is 1. The number of esters is 1. The Bertz CT molecular complexity index is 676. The zero-order valence-corrected chi connectivity index (χ0v) is 12.5. The van der Waals surface area contributed by atoms with Crippen LogP contribution in [-0.2, 0) is 10.5 Å². The summed E-state index contributed by atoms with van der Waals surface area (Å²) in [6, 6.07) is 10.9. The van der Waals surface area contributed by atoms with Gasteiger partial charge in [0.15, 0.2) is 6.10 Å². The van der Waals surface area contributed by atoms with Crippen LogP contribution < -0.4 is 0 Å². The fourth-order valence-electron chi connectivity index (χ4n) is 1.65. The van der Waals surface area contributed by atoms with Crippen molar-refractivity contribution in [3.8, 4) is 6.07 Å². The van der Waals surface area contributed by atoms with Gasteiger partial charge in [-0.15, -0.1) is 11.8 Å². The molecule has 0 amide bonds. The molecule has 1 heterocycles. The Balaban J connectivity index is 2.09. The van der Waals surface area contributed by atoms with Crippen molar-refractivity contribution in [1.82, 2.24) is 5.16 Å². The average Bonchev–Trinajstić information content (AvgIpc) is 2.90. The van der Waals surface area contributed by atoms with Crippen LogP contribution >= 0.6 is 11.8 Å². The predicted molar refractivity (Wildman–Crippen MR) is 77.7 cm³/mol. The van der Waals surface area contributed by atoms with Gasteiger partial charge in [-0.05, 0) is 26.0 Å². The fourth-order valence-corrected chi connectivity index (χ4v) is 2.57. The molecule has 6 heteroatoms. The van der Waals surface area contributed by atoms with Gasteiger partial charge < -0.3 is 9.26 Å². The Morgan fingerprint density at radius 2 is 2.29 bits per heavy atom. The van der Waals surface area contributed by atoms with Gasteiger partial charge in [0.05, 0.1) is 11.3 Å². The maximum absolute atomic E-state index is 12.0. The third-order valence-corrected chi connectivity index (χ3v) is 3.73. The van der Waals surface area contributed by atoms with Gasteiger partial charge in [-0.2, -0.15) is 5.26 Å². The lowest BCUT2D eigenvalue weighted by Gasteiger charge is -2.09. The number of aromatic nitrogens is 1. The Kier molecular flexibility index (Phi) is 5.01. The molecule has 108 valence electrons. The second-order valence-corrected chi connectivity index (χ2v) is 5.41. The van der Waals surface area contributed by atoms with Crippen LogP contribution in [-0.4, -0.2) is 17.2 Å². The molecule has 2 aromatic rings. The molecule has 0 aliphatic rings. The van der Waals surface area contributed by atoms with Crippen molar-refractivity contribution in [2.75, 3.05) is 0 Å². The molecule has 0 aliphatic carbocycles. The number of carbonyl (C=O) groups is 1. The number of thioether (sulfide) groups is 1. The van der Waals surface area contributed by atoms with Gasteiger partial charge in [-0.3, -0.25) is 0 Å². The van der Waals surface area contributed by atoms with Crippen molar-refractivity contribution in [3.63, 3.8) is 0 Å². The van der Waals surface area contributed by atoms with Crippen molar-refractivity contribution in [2.24, 2.45) is 0 Å². The second-order valence-electron chi connectivity index (χ2n) is 4.39. The van der Waals surface area contributed by atoms with Crippen molar-refractivity contribution >= 4 is 17.7 Å². The molecule has 1 aromatic carbocycles. The molecule has 1 aromatic heterocycles. The van der Waals surface area contributed by atoms with Gasteiger partial charge in [0, 0.05) is 16.7 Å². The van der Waals surface area contributed by atoms with Crippen LogP contribution in [0.3, 0.4) is 0 Å². The summed E-state index contributed by atoms with van der Waals surface area (Å²) in [4.78, 5) is 12.8. The number of benzene rings is 1. The minimum atomic E-state index is -0.770. The molecule has 0 spiro atoms. The average molecular weight is 302 g/mol. The first-order valence-corrected chi connectivity index (χ1v) is 7.33. The predicted octanol–water partition coefficient (Wildman–Crippen LogP) is 3.34. The van der Waals surface area contributed by atoms with E-state index in [1.807, 2.05) is 31.2 Å². The summed E-state index contributed by atoms with van der Waals surface area (Å²) in [5, 5.41) is 12.6. The minimum Gasteiger partial charge on any atom is -0.444 e. The molecular weight excluding hydrogens is 288 g/mol. The van der Waals surface area contributed by atoms with Crippen LogP contribution in [0.15, 0.2) is 39.8 Å². The van der Waals surface area contributed by atoms with E-state index in [-0.39, 0.29) is 0 Å². The lowest BCUT2D eigenvalue weighted by molar-refractivity contribution is 0.0431. The van der Waals surface area contributed by atoms with Crippen molar-refractivity contribution in [3.05, 3.63) is 47.3 Å². The molecule has 0 N–H and O–H groups in total. The van der Waals surface area contributed by atoms with Crippen LogP contribution in [0.5, 0.6) is 0 Å². The van der Waals surface area contributed by atoms with Gasteiger partial charge in [0.2, 0.25) is 0 Å². The zero-order valence-electron chi connectivity index (χ0n) is 11.7. The van der Waals surface area contributed by atoms with E-state index in [9.17, 15) is 4.79 Å². The highest BCUT2D eigenvalue weighted by Crippen LogP contribution is 2.26. The Morgan fingerprint density at radius 1 is 1.52 bits per heavy atom. The van der Waals surface area contributed by atoms with E-state index in [2.05, 4.69) is 5.16 Å². The fraction of sp³-hybridized carbons (Fsp3) is 0.267. The van der Waals surface area contributed by atoms with Crippen molar-refractivity contribution < 1.29 is 14.1 Å². The van der Waals surface area contributed by atoms with Crippen molar-refractivity contribution in [2.45, 2.75) is 30.6 Å². The summed E-state index contributed by atoms with van der Waals surface area (Å²) in [7, 11) is 0. The standard InChI is InChI=1S/C15H14N2O3S/c1-10-7-12(17-20-10)9-21-14-6-4-3-5-13(14)15(18)19-11(2)8-16/h3-7,11H,9H2,1-2H3/t11-/m1/s1. The first-order chi connectivity index (χ1) is 10.1. The van der Waals surface area contributed by atoms with Crippen LogP contribution in [0.25, 0.3) is 0 Å². The molecule has 0 unspecified atom stereocenters. The molecule has 0 fully saturated rings. The quantitative estimate of drug-likeness (QED) is 0.622. The zero-order chi connectivity index (χ0) is 15.2. The van der Waals surface area contributed by atoms with E-state index in [1.54, 1.807) is 12.1 Å². The molecule has 21 heavy (non-hydrogen) atoms. The Morgan fingerprint density at radius 3 is 2.95 bits per heavy atom. The highest BCUT2D eigenvalue weighted by molar-refractivity contribution is 7.98. The largest absolute Gasteiger partial charge is 0.444 e. The first-order valence-electron chi connectivity index (χ1n) is 6.34. The minimum absolute atomic E-state index is 0.449. The number of carbonyl (C=O) groups excluding carboxylic acids is 1. The smallest absolute Gasteiger partial charge is 0.340 e. The van der Waals surface area contributed by atoms with Gasteiger partial charge >= 0.3 is 5.97 Å². The van der Waals surface area contributed by atoms with E-state index >= 15 is 0 Å². The van der Waals surface area contributed by atoms with E-state index in [0.717, 1.165) is 16.3 Å². The second kappa shape index (κ2) is 6.95. The number of nitrogens with zero attached hydrogens (tertiary/aromatic N) is 2. The summed E-state index contributed by atoms with van der Waals surface area (Å²) in [5.41, 5.74) is 1.26. The molecule has 0 radical (unpaired) electrons. The summed E-state index contributed by atoms with van der Waals surface area (Å²) in [6.45, 7) is 3.36. The number of ether oxygens (including phenoxy) is 1. The maximum atomic E-state index is 12.0. The lowest BCUT2D eigenvalue weighted by atomic mass is 10.2. The van der Waals surface area contributed by atoms with Gasteiger partial charge in [-0.1, -0.05) is 17.3 Å². The number of hydrogen-bond donors (Lipinski definition) is 0. The molecular formula is C15H14N2O3S. The van der Waals surface area contributed by atoms with E-state index in [4.69, 9.17) is 14.5 Å². The number of rotatable bonds is 5. The summed E-state index contributed by atoms with van der Waals surface area (Å²) in [5.74, 6) is 0.847. The molecule has 0 saturated carbocycles. The molecule has 1 atom stereocenters. The van der Waals surface area contributed by atoms with Crippen molar-refractivity contribution in [1.29, 1.82) is 5.26 Å². The van der Waals surface area contributed by atoms with E-state index in [1.165, 1.54) is 18.7 Å². The van der Waals surface area contributed by atoms with Gasteiger partial charge in [0.25, 0.3) is 0 Å². The monoisotopic (exact) mass is 302 g/mol. The summed E-state index contributed by atoms with van der Waals surface area (Å²) in [6.07, 6.45) is -0.770. The van der Waals surface area contributed by atoms with E-state index < -0.39 is 12.1 Å². The molecule has 0 saturated heterocycles. The molecule has 5 nitrogen and oxygen atoms in total. The lowest BCUT2D eigenvalue weighted by Crippen LogP contribution is -2.13. The van der Waals surface area contributed by atoms with Crippen LogP contribution in [0.4, 0.5) is 0 Å². The highest BCUT2D eigenvalue weighted by Gasteiger charge is 2.16. The number of hydrogen-bond acceptors (Lipinski definition) is 6. The van der Waals surface area contributed by atoms with Crippen LogP contribution in [0.1, 0.15) is 28.7 Å². The Hall–Kier alpha value is -2.26. The van der Waals surface area contributed by atoms with Crippen LogP contribution in [0, 0.1) is 18.3 Å². The summed E-state index contributed by atoms with van der Waals surface area (Å²) >= 11 is 1.47. The molecule has 2 rings (SSSR count). The number of aryl methyl sites for hydroxylation is 1. The third-order valence-electron chi connectivity index (χ3n) is 2.62. The normalized spacial score (nSPS) is 11.7. The van der Waals surface area contributed by atoms with Crippen LogP contribution in [0.2, 0.25) is 0 Å². The molecule has 0 bridgehead atoms. The Labute approximate surface area is 126 Å². The first kappa shape index (κ1) is 15.1. The third kappa shape index (κ3) is 4.10. The van der Waals surface area contributed by atoms with Gasteiger partial charge in [0.1, 0.15) is 11.8 Å². The van der Waals surface area contributed by atoms with Gasteiger partial charge in [-0.25, -0.2) is 4.79 Å². The highest BCUT2D eigenvalue weighted by atomic mass is 32.2. The maximum Gasteiger partial charge on any atom is 0.340 e. The van der Waals surface area contributed by atoms with E-state index in [0.29, 0.717) is 11.3 Å². The SMILES string of the molecule is Cc1cc(CSc2ccccc2C(=O)O[C@H](C)C#N)no1.